The first kappa shape index (κ1) is 13.9. The summed E-state index contributed by atoms with van der Waals surface area (Å²) in [6, 6.07) is 3.30. The second-order valence-corrected chi connectivity index (χ2v) is 4.85. The maximum absolute atomic E-state index is 10.8. The summed E-state index contributed by atoms with van der Waals surface area (Å²) in [5.41, 5.74) is -0.690. The molecule has 1 fully saturated rings. The van der Waals surface area contributed by atoms with Crippen LogP contribution in [0.2, 0.25) is 5.15 Å². The van der Waals surface area contributed by atoms with Crippen molar-refractivity contribution in [2.45, 2.75) is 18.4 Å². The van der Waals surface area contributed by atoms with E-state index in [2.05, 4.69) is 4.98 Å². The molecule has 0 bridgehead atoms. The zero-order valence-corrected chi connectivity index (χ0v) is 11.2. The topological polar surface area (TPSA) is 82.9 Å². The molecule has 0 radical (unpaired) electrons. The predicted molar refractivity (Wildman–Crippen MR) is 68.5 cm³/mol. The molecule has 2 rings (SSSR count). The van der Waals surface area contributed by atoms with Crippen LogP contribution in [0, 0.1) is 0 Å². The van der Waals surface area contributed by atoms with Crippen LogP contribution in [0.3, 0.4) is 0 Å². The Hall–Kier alpha value is -1.53. The zero-order valence-electron chi connectivity index (χ0n) is 10.5. The van der Waals surface area contributed by atoms with E-state index in [1.807, 2.05) is 0 Å². The maximum atomic E-state index is 10.8. The molecule has 7 heteroatoms. The van der Waals surface area contributed by atoms with Crippen molar-refractivity contribution in [3.8, 4) is 5.75 Å². The van der Waals surface area contributed by atoms with Gasteiger partial charge in [-0.2, -0.15) is 0 Å². The van der Waals surface area contributed by atoms with Crippen LogP contribution in [0.1, 0.15) is 18.5 Å². The molecule has 0 saturated carbocycles. The molecule has 19 heavy (non-hydrogen) atoms. The molecule has 1 amide bonds. The molecule has 104 valence electrons. The Morgan fingerprint density at radius 2 is 2.11 bits per heavy atom. The SMILES string of the molecule is COc1ccc(C2(O)CCN(C(=O)O)CC2)nc1Cl. The van der Waals surface area contributed by atoms with Gasteiger partial charge in [-0.1, -0.05) is 11.6 Å². The van der Waals surface area contributed by atoms with Crippen LogP contribution in [0.25, 0.3) is 0 Å². The van der Waals surface area contributed by atoms with E-state index >= 15 is 0 Å². The fourth-order valence-corrected chi connectivity index (χ4v) is 2.39. The number of pyridine rings is 1. The summed E-state index contributed by atoms with van der Waals surface area (Å²) < 4.78 is 5.01. The number of ether oxygens (including phenoxy) is 1. The Kier molecular flexibility index (Phi) is 3.82. The van der Waals surface area contributed by atoms with Crippen LogP contribution in [0.4, 0.5) is 4.79 Å². The second-order valence-electron chi connectivity index (χ2n) is 4.49. The van der Waals surface area contributed by atoms with Gasteiger partial charge in [-0.15, -0.1) is 0 Å². The molecule has 1 saturated heterocycles. The number of carboxylic acid groups (broad SMARTS) is 1. The van der Waals surface area contributed by atoms with Crippen LogP contribution in [-0.4, -0.2) is 46.4 Å². The molecule has 6 nitrogen and oxygen atoms in total. The third-order valence-electron chi connectivity index (χ3n) is 3.37. The number of carbonyl (C=O) groups is 1. The third-order valence-corrected chi connectivity index (χ3v) is 3.64. The van der Waals surface area contributed by atoms with Gasteiger partial charge in [-0.25, -0.2) is 9.78 Å². The van der Waals surface area contributed by atoms with Crippen molar-refractivity contribution in [2.24, 2.45) is 0 Å². The van der Waals surface area contributed by atoms with E-state index in [-0.39, 0.29) is 18.2 Å². The lowest BCUT2D eigenvalue weighted by atomic mass is 9.88. The van der Waals surface area contributed by atoms with Crippen molar-refractivity contribution < 1.29 is 19.7 Å². The van der Waals surface area contributed by atoms with Crippen molar-refractivity contribution in [3.05, 3.63) is 23.0 Å². The molecule has 2 N–H and O–H groups in total. The number of amides is 1. The minimum absolute atomic E-state index is 0.189. The van der Waals surface area contributed by atoms with E-state index in [9.17, 15) is 9.90 Å². The summed E-state index contributed by atoms with van der Waals surface area (Å²) in [7, 11) is 1.49. The number of hydrogen-bond donors (Lipinski definition) is 2. The molecule has 0 unspecified atom stereocenters. The van der Waals surface area contributed by atoms with Gasteiger partial charge in [0.15, 0.2) is 10.9 Å². The highest BCUT2D eigenvalue weighted by Crippen LogP contribution is 2.34. The summed E-state index contributed by atoms with van der Waals surface area (Å²) >= 11 is 5.94. The van der Waals surface area contributed by atoms with Crippen LogP contribution in [-0.2, 0) is 5.60 Å². The number of methoxy groups -OCH3 is 1. The van der Waals surface area contributed by atoms with Gasteiger partial charge in [0.2, 0.25) is 0 Å². The molecular weight excluding hydrogens is 272 g/mol. The van der Waals surface area contributed by atoms with Crippen molar-refractivity contribution in [3.63, 3.8) is 0 Å². The quantitative estimate of drug-likeness (QED) is 0.809. The van der Waals surface area contributed by atoms with Crippen molar-refractivity contribution >= 4 is 17.7 Å². The van der Waals surface area contributed by atoms with Crippen LogP contribution < -0.4 is 4.74 Å². The Morgan fingerprint density at radius 3 is 2.58 bits per heavy atom. The van der Waals surface area contributed by atoms with Gasteiger partial charge in [0.25, 0.3) is 0 Å². The number of hydrogen-bond acceptors (Lipinski definition) is 4. The van der Waals surface area contributed by atoms with Crippen LogP contribution in [0.5, 0.6) is 5.75 Å². The van der Waals surface area contributed by atoms with E-state index < -0.39 is 11.7 Å². The molecule has 0 aliphatic carbocycles. The third kappa shape index (κ3) is 2.74. The lowest BCUT2D eigenvalue weighted by Gasteiger charge is -2.36. The van der Waals surface area contributed by atoms with Gasteiger partial charge in [-0.3, -0.25) is 0 Å². The summed E-state index contributed by atoms with van der Waals surface area (Å²) in [6.07, 6.45) is -0.369. The Labute approximate surface area is 115 Å². The summed E-state index contributed by atoms with van der Waals surface area (Å²) in [5, 5.41) is 19.6. The van der Waals surface area contributed by atoms with Gasteiger partial charge in [-0.05, 0) is 25.0 Å². The minimum Gasteiger partial charge on any atom is -0.494 e. The first-order valence-electron chi connectivity index (χ1n) is 5.87. The maximum Gasteiger partial charge on any atom is 0.407 e. The summed E-state index contributed by atoms with van der Waals surface area (Å²) in [5.74, 6) is 0.442. The van der Waals surface area contributed by atoms with Crippen molar-refractivity contribution in [1.82, 2.24) is 9.88 Å². The monoisotopic (exact) mass is 286 g/mol. The number of rotatable bonds is 2. The largest absolute Gasteiger partial charge is 0.494 e. The van der Waals surface area contributed by atoms with Crippen LogP contribution in [0.15, 0.2) is 12.1 Å². The number of aromatic nitrogens is 1. The molecule has 2 heterocycles. The number of aliphatic hydroxyl groups is 1. The normalized spacial score (nSPS) is 18.2. The minimum atomic E-state index is -1.14. The lowest BCUT2D eigenvalue weighted by Crippen LogP contribution is -2.45. The van der Waals surface area contributed by atoms with Gasteiger partial charge in [0, 0.05) is 13.1 Å². The number of halogens is 1. The summed E-state index contributed by atoms with van der Waals surface area (Å²) in [6.45, 7) is 0.550. The first-order chi connectivity index (χ1) is 8.96. The Balaban J connectivity index is 2.18. The average molecular weight is 287 g/mol. The molecule has 0 spiro atoms. The highest BCUT2D eigenvalue weighted by molar-refractivity contribution is 6.30. The van der Waals surface area contributed by atoms with Crippen LogP contribution >= 0.6 is 11.6 Å². The van der Waals surface area contributed by atoms with E-state index in [1.54, 1.807) is 12.1 Å². The molecule has 0 aromatic carbocycles. The summed E-state index contributed by atoms with van der Waals surface area (Å²) in [4.78, 5) is 16.2. The highest BCUT2D eigenvalue weighted by atomic mass is 35.5. The van der Waals surface area contributed by atoms with Crippen molar-refractivity contribution in [1.29, 1.82) is 0 Å². The lowest BCUT2D eigenvalue weighted by molar-refractivity contribution is -0.0247. The number of likely N-dealkylation sites (tertiary alicyclic amines) is 1. The van der Waals surface area contributed by atoms with Gasteiger partial charge >= 0.3 is 6.09 Å². The average Bonchev–Trinajstić information content (AvgIpc) is 2.39. The van der Waals surface area contributed by atoms with Gasteiger partial charge < -0.3 is 19.8 Å². The molecule has 1 aromatic rings. The van der Waals surface area contributed by atoms with E-state index in [0.717, 1.165) is 0 Å². The molecule has 0 atom stereocenters. The highest BCUT2D eigenvalue weighted by Gasteiger charge is 2.37. The predicted octanol–water partition coefficient (Wildman–Crippen LogP) is 1.71. The zero-order chi connectivity index (χ0) is 14.0. The number of piperidine rings is 1. The Morgan fingerprint density at radius 1 is 1.47 bits per heavy atom. The standard InChI is InChI=1S/C12H15ClN2O4/c1-19-8-2-3-9(14-10(8)13)12(18)4-6-15(7-5-12)11(16)17/h2-3,18H,4-7H2,1H3,(H,16,17). The van der Waals surface area contributed by atoms with E-state index in [1.165, 1.54) is 12.0 Å². The fraction of sp³-hybridized carbons (Fsp3) is 0.500. The molecule has 1 aliphatic rings. The number of nitrogens with zero attached hydrogens (tertiary/aromatic N) is 2. The fourth-order valence-electron chi connectivity index (χ4n) is 2.16. The second kappa shape index (κ2) is 5.22. The van der Waals surface area contributed by atoms with Gasteiger partial charge in [0.1, 0.15) is 5.60 Å². The van der Waals surface area contributed by atoms with E-state index in [4.69, 9.17) is 21.4 Å². The smallest absolute Gasteiger partial charge is 0.407 e. The van der Waals surface area contributed by atoms with Crippen molar-refractivity contribution in [2.75, 3.05) is 20.2 Å². The molecule has 1 aromatic heterocycles. The first-order valence-corrected chi connectivity index (χ1v) is 6.25. The molecule has 1 aliphatic heterocycles. The van der Waals surface area contributed by atoms with E-state index in [0.29, 0.717) is 24.3 Å². The van der Waals surface area contributed by atoms with Gasteiger partial charge in [0.05, 0.1) is 12.8 Å². The Bertz CT molecular complexity index is 487. The molecular formula is C12H15ClN2O4.